The number of phenolic OH excluding ortho intramolecular Hbond substituents is 1. The van der Waals surface area contributed by atoms with Crippen molar-refractivity contribution in [2.75, 3.05) is 0 Å². The molecule has 0 aliphatic rings. The first-order valence-corrected chi connectivity index (χ1v) is 4.73. The molecule has 1 aromatic carbocycles. The molecule has 1 heterocycles. The topological polar surface area (TPSA) is 76.2 Å². The second-order valence-corrected chi connectivity index (χ2v) is 3.28. The highest BCUT2D eigenvalue weighted by molar-refractivity contribution is 5.98. The minimum Gasteiger partial charge on any atom is -0.507 e. The number of phenols is 1. The SMILES string of the molecule is NC(=O)c1ncccc1-c1ccccc1O. The number of aromatic hydroxyl groups is 1. The molecule has 4 nitrogen and oxygen atoms in total. The predicted molar refractivity (Wildman–Crippen MR) is 59.9 cm³/mol. The number of pyridine rings is 1. The molecule has 0 saturated carbocycles. The van der Waals surface area contributed by atoms with Crippen LogP contribution >= 0.6 is 0 Å². The van der Waals surface area contributed by atoms with Crippen LogP contribution in [0.1, 0.15) is 10.5 Å². The molecule has 0 radical (unpaired) electrons. The van der Waals surface area contributed by atoms with Crippen molar-refractivity contribution < 1.29 is 9.90 Å². The fourth-order valence-electron chi connectivity index (χ4n) is 1.52. The first kappa shape index (κ1) is 10.2. The third-order valence-corrected chi connectivity index (χ3v) is 2.24. The lowest BCUT2D eigenvalue weighted by atomic mass is 10.0. The van der Waals surface area contributed by atoms with Gasteiger partial charge in [-0.25, -0.2) is 0 Å². The Hall–Kier alpha value is -2.36. The lowest BCUT2D eigenvalue weighted by molar-refractivity contribution is 0.0996. The zero-order chi connectivity index (χ0) is 11.5. The van der Waals surface area contributed by atoms with E-state index in [4.69, 9.17) is 5.73 Å². The number of carbonyl (C=O) groups excluding carboxylic acids is 1. The van der Waals surface area contributed by atoms with Crippen LogP contribution in [0.3, 0.4) is 0 Å². The van der Waals surface area contributed by atoms with Gasteiger partial charge in [0, 0.05) is 17.3 Å². The summed E-state index contributed by atoms with van der Waals surface area (Å²) in [7, 11) is 0. The van der Waals surface area contributed by atoms with Gasteiger partial charge in [0.25, 0.3) is 5.91 Å². The molecule has 0 unspecified atom stereocenters. The van der Waals surface area contributed by atoms with Crippen LogP contribution in [-0.4, -0.2) is 16.0 Å². The van der Waals surface area contributed by atoms with Gasteiger partial charge in [0.1, 0.15) is 11.4 Å². The average molecular weight is 214 g/mol. The van der Waals surface area contributed by atoms with Gasteiger partial charge < -0.3 is 10.8 Å². The van der Waals surface area contributed by atoms with Gasteiger partial charge in [-0.3, -0.25) is 9.78 Å². The largest absolute Gasteiger partial charge is 0.507 e. The van der Waals surface area contributed by atoms with E-state index >= 15 is 0 Å². The number of aromatic nitrogens is 1. The fraction of sp³-hybridized carbons (Fsp3) is 0. The number of para-hydroxylation sites is 1. The number of carbonyl (C=O) groups is 1. The van der Waals surface area contributed by atoms with Crippen molar-refractivity contribution in [3.63, 3.8) is 0 Å². The summed E-state index contributed by atoms with van der Waals surface area (Å²) >= 11 is 0. The Morgan fingerprint density at radius 3 is 2.50 bits per heavy atom. The number of nitrogens with two attached hydrogens (primary N) is 1. The number of nitrogens with zero attached hydrogens (tertiary/aromatic N) is 1. The third-order valence-electron chi connectivity index (χ3n) is 2.24. The Labute approximate surface area is 92.4 Å². The predicted octanol–water partition coefficient (Wildman–Crippen LogP) is 1.55. The second kappa shape index (κ2) is 4.02. The van der Waals surface area contributed by atoms with E-state index in [0.29, 0.717) is 11.1 Å². The summed E-state index contributed by atoms with van der Waals surface area (Å²) in [6.07, 6.45) is 1.49. The van der Waals surface area contributed by atoms with Gasteiger partial charge in [0.15, 0.2) is 0 Å². The van der Waals surface area contributed by atoms with Gasteiger partial charge in [0.05, 0.1) is 0 Å². The van der Waals surface area contributed by atoms with E-state index in [-0.39, 0.29) is 11.4 Å². The van der Waals surface area contributed by atoms with E-state index in [1.165, 1.54) is 6.20 Å². The van der Waals surface area contributed by atoms with Crippen LogP contribution < -0.4 is 5.73 Å². The number of benzene rings is 1. The summed E-state index contributed by atoms with van der Waals surface area (Å²) in [5.41, 5.74) is 6.46. The van der Waals surface area contributed by atoms with Gasteiger partial charge >= 0.3 is 0 Å². The standard InChI is InChI=1S/C12H10N2O2/c13-12(16)11-9(5-3-7-14-11)8-4-1-2-6-10(8)15/h1-7,15H,(H2,13,16). The fourth-order valence-corrected chi connectivity index (χ4v) is 1.52. The molecule has 16 heavy (non-hydrogen) atoms. The van der Waals surface area contributed by atoms with Crippen molar-refractivity contribution in [1.29, 1.82) is 0 Å². The molecule has 1 aromatic heterocycles. The molecule has 2 aromatic rings. The van der Waals surface area contributed by atoms with E-state index in [1.54, 1.807) is 36.4 Å². The Balaban J connectivity index is 2.65. The summed E-state index contributed by atoms with van der Waals surface area (Å²) in [5.74, 6) is -0.517. The summed E-state index contributed by atoms with van der Waals surface area (Å²) in [6.45, 7) is 0. The van der Waals surface area contributed by atoms with E-state index < -0.39 is 5.91 Å². The number of amides is 1. The number of rotatable bonds is 2. The molecule has 80 valence electrons. The zero-order valence-electron chi connectivity index (χ0n) is 8.42. The third kappa shape index (κ3) is 1.72. The monoisotopic (exact) mass is 214 g/mol. The molecule has 0 bridgehead atoms. The van der Waals surface area contributed by atoms with Gasteiger partial charge in [-0.05, 0) is 12.1 Å². The Bertz CT molecular complexity index is 538. The molecule has 0 aliphatic heterocycles. The van der Waals surface area contributed by atoms with Crippen molar-refractivity contribution >= 4 is 5.91 Å². The van der Waals surface area contributed by atoms with E-state index in [0.717, 1.165) is 0 Å². The second-order valence-electron chi connectivity index (χ2n) is 3.28. The lowest BCUT2D eigenvalue weighted by Gasteiger charge is -2.07. The summed E-state index contributed by atoms with van der Waals surface area (Å²) in [5, 5.41) is 9.69. The highest BCUT2D eigenvalue weighted by Crippen LogP contribution is 2.29. The quantitative estimate of drug-likeness (QED) is 0.796. The average Bonchev–Trinajstić information content (AvgIpc) is 2.29. The molecule has 1 amide bonds. The molecule has 0 spiro atoms. The maximum Gasteiger partial charge on any atom is 0.267 e. The molecule has 0 atom stereocenters. The van der Waals surface area contributed by atoms with Gasteiger partial charge in [0.2, 0.25) is 0 Å². The highest BCUT2D eigenvalue weighted by atomic mass is 16.3. The van der Waals surface area contributed by atoms with Crippen LogP contribution in [0.4, 0.5) is 0 Å². The zero-order valence-corrected chi connectivity index (χ0v) is 8.42. The minimum atomic E-state index is -0.612. The highest BCUT2D eigenvalue weighted by Gasteiger charge is 2.12. The number of primary amides is 1. The maximum absolute atomic E-state index is 11.2. The normalized spacial score (nSPS) is 10.0. The van der Waals surface area contributed by atoms with Gasteiger partial charge in [-0.15, -0.1) is 0 Å². The summed E-state index contributed by atoms with van der Waals surface area (Å²) in [6, 6.07) is 10.1. The Morgan fingerprint density at radius 1 is 1.12 bits per heavy atom. The minimum absolute atomic E-state index is 0.0954. The van der Waals surface area contributed by atoms with Crippen LogP contribution in [0.2, 0.25) is 0 Å². The molecule has 4 heteroatoms. The van der Waals surface area contributed by atoms with Crippen molar-refractivity contribution in [3.05, 3.63) is 48.3 Å². The lowest BCUT2D eigenvalue weighted by Crippen LogP contribution is -2.14. The van der Waals surface area contributed by atoms with Gasteiger partial charge in [-0.2, -0.15) is 0 Å². The molecule has 0 saturated heterocycles. The van der Waals surface area contributed by atoms with E-state index in [1.807, 2.05) is 0 Å². The van der Waals surface area contributed by atoms with Crippen LogP contribution in [0.15, 0.2) is 42.6 Å². The van der Waals surface area contributed by atoms with Crippen molar-refractivity contribution in [2.45, 2.75) is 0 Å². The van der Waals surface area contributed by atoms with Gasteiger partial charge in [-0.1, -0.05) is 24.3 Å². The van der Waals surface area contributed by atoms with Crippen LogP contribution in [-0.2, 0) is 0 Å². The van der Waals surface area contributed by atoms with Crippen molar-refractivity contribution in [3.8, 4) is 16.9 Å². The molecular weight excluding hydrogens is 204 g/mol. The molecular formula is C12H10N2O2. The molecule has 0 aliphatic carbocycles. The summed E-state index contributed by atoms with van der Waals surface area (Å²) in [4.78, 5) is 15.1. The summed E-state index contributed by atoms with van der Waals surface area (Å²) < 4.78 is 0. The van der Waals surface area contributed by atoms with Crippen molar-refractivity contribution in [1.82, 2.24) is 4.98 Å². The van der Waals surface area contributed by atoms with Crippen LogP contribution in [0.25, 0.3) is 11.1 Å². The van der Waals surface area contributed by atoms with Crippen LogP contribution in [0, 0.1) is 0 Å². The molecule has 0 fully saturated rings. The Kier molecular flexibility index (Phi) is 2.55. The maximum atomic E-state index is 11.2. The molecule has 2 rings (SSSR count). The van der Waals surface area contributed by atoms with Crippen molar-refractivity contribution in [2.24, 2.45) is 5.73 Å². The van der Waals surface area contributed by atoms with E-state index in [2.05, 4.69) is 4.98 Å². The van der Waals surface area contributed by atoms with E-state index in [9.17, 15) is 9.90 Å². The number of hydrogen-bond acceptors (Lipinski definition) is 3. The number of hydrogen-bond donors (Lipinski definition) is 2. The smallest absolute Gasteiger partial charge is 0.267 e. The molecule has 3 N–H and O–H groups in total. The Morgan fingerprint density at radius 2 is 1.81 bits per heavy atom. The first-order valence-electron chi connectivity index (χ1n) is 4.73. The first-order chi connectivity index (χ1) is 7.70. The van der Waals surface area contributed by atoms with Crippen LogP contribution in [0.5, 0.6) is 5.75 Å².